The third-order valence-electron chi connectivity index (χ3n) is 3.85. The molecule has 5 nitrogen and oxygen atoms in total. The topological polar surface area (TPSA) is 63.2 Å². The van der Waals surface area contributed by atoms with Crippen LogP contribution in [0.3, 0.4) is 0 Å². The number of rotatable bonds is 5. The molecule has 2 N–H and O–H groups in total. The largest absolute Gasteiger partial charge is 0.462 e. The maximum Gasteiger partial charge on any atom is 0.341 e. The second-order valence-corrected chi connectivity index (χ2v) is 7.65. The smallest absolute Gasteiger partial charge is 0.341 e. The molecule has 28 heavy (non-hydrogen) atoms. The highest BCUT2D eigenvalue weighted by atomic mass is 32.1. The number of carbonyl (C=O) groups is 1. The average molecular weight is 412 g/mol. The van der Waals surface area contributed by atoms with Gasteiger partial charge in [0.15, 0.2) is 5.11 Å². The van der Waals surface area contributed by atoms with Crippen LogP contribution in [-0.2, 0) is 4.74 Å². The van der Waals surface area contributed by atoms with Gasteiger partial charge in [-0.25, -0.2) is 9.78 Å². The molecule has 1 aromatic carbocycles. The third kappa shape index (κ3) is 4.94. The molecule has 0 fully saturated rings. The van der Waals surface area contributed by atoms with Crippen molar-refractivity contribution >= 4 is 45.5 Å². The van der Waals surface area contributed by atoms with Crippen LogP contribution in [0.15, 0.2) is 48.5 Å². The zero-order valence-electron chi connectivity index (χ0n) is 15.9. The minimum atomic E-state index is -0.379. The summed E-state index contributed by atoms with van der Waals surface area (Å²) in [6.45, 7) is 6.02. The fraction of sp³-hybridized carbons (Fsp3) is 0.190. The minimum Gasteiger partial charge on any atom is -0.462 e. The highest BCUT2D eigenvalue weighted by molar-refractivity contribution is 7.80. The van der Waals surface area contributed by atoms with Crippen molar-refractivity contribution in [3.8, 4) is 10.4 Å². The lowest BCUT2D eigenvalue weighted by atomic mass is 10.1. The first-order valence-electron chi connectivity index (χ1n) is 8.86. The Labute approximate surface area is 173 Å². The molecule has 7 heteroatoms. The molecule has 144 valence electrons. The number of ether oxygens (including phenoxy) is 1. The van der Waals surface area contributed by atoms with E-state index in [1.165, 1.54) is 11.3 Å². The molecular weight excluding hydrogens is 390 g/mol. The van der Waals surface area contributed by atoms with E-state index in [-0.39, 0.29) is 5.97 Å². The van der Waals surface area contributed by atoms with Crippen molar-refractivity contribution in [2.75, 3.05) is 17.2 Å². The fourth-order valence-electron chi connectivity index (χ4n) is 2.75. The molecule has 0 saturated heterocycles. The lowest BCUT2D eigenvalue weighted by molar-refractivity contribution is 0.0528. The maximum absolute atomic E-state index is 12.4. The first-order valence-corrected chi connectivity index (χ1v) is 10.1. The number of carbonyl (C=O) groups excluding carboxylic acids is 1. The van der Waals surface area contributed by atoms with Crippen LogP contribution in [0.1, 0.15) is 28.5 Å². The molecule has 2 aromatic heterocycles. The van der Waals surface area contributed by atoms with Gasteiger partial charge in [0, 0.05) is 10.6 Å². The zero-order valence-corrected chi connectivity index (χ0v) is 17.5. The number of thiocarbonyl (C=S) groups is 1. The van der Waals surface area contributed by atoms with Crippen molar-refractivity contribution in [3.05, 3.63) is 65.4 Å². The zero-order chi connectivity index (χ0) is 20.1. The molecule has 3 aromatic rings. The molecule has 0 radical (unpaired) electrons. The monoisotopic (exact) mass is 411 g/mol. The van der Waals surface area contributed by atoms with Gasteiger partial charge in [0.2, 0.25) is 0 Å². The van der Waals surface area contributed by atoms with Gasteiger partial charge in [-0.15, -0.1) is 11.3 Å². The van der Waals surface area contributed by atoms with Crippen molar-refractivity contribution in [1.82, 2.24) is 4.98 Å². The second-order valence-electron chi connectivity index (χ2n) is 6.19. The number of anilines is 2. The Hall–Kier alpha value is -2.77. The lowest BCUT2D eigenvalue weighted by Crippen LogP contribution is -2.20. The predicted molar refractivity (Wildman–Crippen MR) is 119 cm³/mol. The van der Waals surface area contributed by atoms with E-state index in [0.29, 0.717) is 28.1 Å². The third-order valence-corrected chi connectivity index (χ3v) is 5.16. The van der Waals surface area contributed by atoms with Gasteiger partial charge in [-0.3, -0.25) is 0 Å². The van der Waals surface area contributed by atoms with Crippen molar-refractivity contribution in [3.63, 3.8) is 0 Å². The van der Waals surface area contributed by atoms with E-state index in [9.17, 15) is 4.79 Å². The Morgan fingerprint density at radius 3 is 2.57 bits per heavy atom. The number of esters is 1. The summed E-state index contributed by atoms with van der Waals surface area (Å²) >= 11 is 6.89. The van der Waals surface area contributed by atoms with Gasteiger partial charge < -0.3 is 15.4 Å². The summed E-state index contributed by atoms with van der Waals surface area (Å²) in [5.74, 6) is 0.281. The number of nitrogens with one attached hydrogen (secondary N) is 2. The van der Waals surface area contributed by atoms with Gasteiger partial charge in [0.05, 0.1) is 12.2 Å². The van der Waals surface area contributed by atoms with Crippen molar-refractivity contribution < 1.29 is 9.53 Å². The molecular formula is C21H21N3O2S2. The van der Waals surface area contributed by atoms with E-state index in [0.717, 1.165) is 21.7 Å². The van der Waals surface area contributed by atoms with E-state index in [1.807, 2.05) is 62.4 Å². The van der Waals surface area contributed by atoms with E-state index < -0.39 is 0 Å². The Balaban J connectivity index is 1.85. The van der Waals surface area contributed by atoms with Gasteiger partial charge in [-0.1, -0.05) is 30.3 Å². The van der Waals surface area contributed by atoms with Gasteiger partial charge in [0.25, 0.3) is 0 Å². The van der Waals surface area contributed by atoms with Crippen LogP contribution in [0, 0.1) is 13.8 Å². The van der Waals surface area contributed by atoms with Crippen molar-refractivity contribution in [1.29, 1.82) is 0 Å². The lowest BCUT2D eigenvalue weighted by Gasteiger charge is -2.11. The minimum absolute atomic E-state index is 0.309. The predicted octanol–water partition coefficient (Wildman–Crippen LogP) is 5.41. The normalized spacial score (nSPS) is 10.4. The van der Waals surface area contributed by atoms with Crippen LogP contribution in [-0.4, -0.2) is 22.7 Å². The van der Waals surface area contributed by atoms with E-state index in [2.05, 4.69) is 15.6 Å². The molecule has 2 heterocycles. The van der Waals surface area contributed by atoms with Crippen LogP contribution >= 0.6 is 23.6 Å². The number of thiophene rings is 1. The summed E-state index contributed by atoms with van der Waals surface area (Å²) in [6, 6.07) is 15.6. The number of aryl methyl sites for hydroxylation is 2. The van der Waals surface area contributed by atoms with Gasteiger partial charge in [-0.05, 0) is 62.3 Å². The molecule has 0 spiro atoms. The molecule has 0 aliphatic rings. The highest BCUT2D eigenvalue weighted by Gasteiger charge is 2.19. The van der Waals surface area contributed by atoms with E-state index in [1.54, 1.807) is 6.92 Å². The highest BCUT2D eigenvalue weighted by Crippen LogP contribution is 2.36. The molecule has 0 atom stereocenters. The van der Waals surface area contributed by atoms with E-state index >= 15 is 0 Å². The molecule has 0 bridgehead atoms. The first kappa shape index (κ1) is 20.0. The van der Waals surface area contributed by atoms with Crippen molar-refractivity contribution in [2.24, 2.45) is 0 Å². The summed E-state index contributed by atoms with van der Waals surface area (Å²) in [4.78, 5) is 17.8. The molecule has 3 rings (SSSR count). The van der Waals surface area contributed by atoms with E-state index in [4.69, 9.17) is 17.0 Å². The first-order chi connectivity index (χ1) is 13.5. The van der Waals surface area contributed by atoms with Crippen LogP contribution < -0.4 is 10.6 Å². The number of aromatic nitrogens is 1. The van der Waals surface area contributed by atoms with Gasteiger partial charge in [-0.2, -0.15) is 0 Å². The number of benzene rings is 1. The Morgan fingerprint density at radius 2 is 1.89 bits per heavy atom. The number of pyridine rings is 1. The maximum atomic E-state index is 12.4. The molecule has 0 saturated carbocycles. The van der Waals surface area contributed by atoms with Crippen LogP contribution in [0.5, 0.6) is 0 Å². The summed E-state index contributed by atoms with van der Waals surface area (Å²) in [5.41, 5.74) is 3.48. The summed E-state index contributed by atoms with van der Waals surface area (Å²) in [6.07, 6.45) is 0. The summed E-state index contributed by atoms with van der Waals surface area (Å²) < 4.78 is 5.20. The second kappa shape index (κ2) is 8.95. The van der Waals surface area contributed by atoms with Crippen LogP contribution in [0.4, 0.5) is 10.8 Å². The average Bonchev–Trinajstić information content (AvgIpc) is 3.05. The van der Waals surface area contributed by atoms with Crippen LogP contribution in [0.25, 0.3) is 10.4 Å². The molecule has 0 aliphatic carbocycles. The number of hydrogen-bond acceptors (Lipinski definition) is 5. The molecule has 0 unspecified atom stereocenters. The number of hydrogen-bond donors (Lipinski definition) is 2. The Kier molecular flexibility index (Phi) is 6.38. The van der Waals surface area contributed by atoms with Gasteiger partial charge in [0.1, 0.15) is 10.8 Å². The van der Waals surface area contributed by atoms with Crippen molar-refractivity contribution in [2.45, 2.75) is 20.8 Å². The Bertz CT molecular complexity index is 980. The SMILES string of the molecule is CCOC(=O)c1cc(-c2ccccc2)sc1NC(=S)Nc1cc(C)cc(C)n1. The Morgan fingerprint density at radius 1 is 1.14 bits per heavy atom. The molecule has 0 aliphatic heterocycles. The fourth-order valence-corrected chi connectivity index (χ4v) is 4.07. The number of nitrogens with zero attached hydrogens (tertiary/aromatic N) is 1. The summed E-state index contributed by atoms with van der Waals surface area (Å²) in [7, 11) is 0. The standard InChI is InChI=1S/C21H21N3O2S2/c1-4-26-20(25)16-12-17(15-8-6-5-7-9-15)28-19(16)24-21(27)23-18-11-13(2)10-14(3)22-18/h5-12H,4H2,1-3H3,(H2,22,23,24,27). The summed E-state index contributed by atoms with van der Waals surface area (Å²) in [5, 5.41) is 7.21. The quantitative estimate of drug-likeness (QED) is 0.432. The molecule has 0 amide bonds. The van der Waals surface area contributed by atoms with Gasteiger partial charge >= 0.3 is 5.97 Å². The van der Waals surface area contributed by atoms with Crippen LogP contribution in [0.2, 0.25) is 0 Å².